The van der Waals surface area contributed by atoms with Crippen molar-refractivity contribution in [3.8, 4) is 96.3 Å². The van der Waals surface area contributed by atoms with E-state index in [2.05, 4.69) is 9.97 Å². The zero-order chi connectivity index (χ0) is 48.5. The molecule has 0 spiro atoms. The van der Waals surface area contributed by atoms with Gasteiger partial charge in [0.25, 0.3) is 0 Å². The molecule has 15 nitrogen and oxygen atoms in total. The number of H-pyrrole nitrogens is 2. The maximum Gasteiger partial charge on any atom is 0.248 e. The van der Waals surface area contributed by atoms with Gasteiger partial charge >= 0.3 is 0 Å². The number of methoxy groups -OCH3 is 9. The van der Waals surface area contributed by atoms with Gasteiger partial charge in [0.2, 0.25) is 23.2 Å². The highest BCUT2D eigenvalue weighted by atomic mass is 16.5. The number of nitrogens with one attached hydrogen (secondary N) is 2. The van der Waals surface area contributed by atoms with E-state index in [0.717, 1.165) is 55.5 Å². The van der Waals surface area contributed by atoms with Crippen LogP contribution >= 0.6 is 0 Å². The molecule has 0 unspecified atom stereocenters. The molecule has 0 fully saturated rings. The maximum atomic E-state index is 12.3. The summed E-state index contributed by atoms with van der Waals surface area (Å²) in [5.41, 5.74) is 17.4. The highest BCUT2D eigenvalue weighted by molar-refractivity contribution is 6.01. The van der Waals surface area contributed by atoms with E-state index in [4.69, 9.17) is 58.3 Å². The van der Waals surface area contributed by atoms with Crippen molar-refractivity contribution in [1.29, 1.82) is 0 Å². The number of hydrogen-bond acceptors (Lipinski definition) is 12. The number of carbonyl (C=O) groups is 1. The molecule has 15 heteroatoms. The van der Waals surface area contributed by atoms with Crippen molar-refractivity contribution in [3.63, 3.8) is 0 Å². The molecule has 0 aliphatic carbocycles. The van der Waals surface area contributed by atoms with Gasteiger partial charge in [-0.15, -0.1) is 0 Å². The molecule has 350 valence electrons. The molecular weight excluding hydrogens is 879 g/mol. The highest BCUT2D eigenvalue weighted by Crippen LogP contribution is 2.47. The minimum absolute atomic E-state index is 0.371. The fourth-order valence-corrected chi connectivity index (χ4v) is 8.90. The van der Waals surface area contributed by atoms with E-state index in [9.17, 15) is 4.79 Å². The normalized spacial score (nSPS) is 11.6. The predicted molar refractivity (Wildman–Crippen MR) is 268 cm³/mol. The molecule has 8 bridgehead atoms. The number of aromatic amines is 2. The lowest BCUT2D eigenvalue weighted by Gasteiger charge is -2.15. The van der Waals surface area contributed by atoms with Crippen LogP contribution in [0.5, 0.6) is 51.7 Å². The van der Waals surface area contributed by atoms with Gasteiger partial charge in [-0.2, -0.15) is 0 Å². The molecule has 9 rings (SSSR count). The van der Waals surface area contributed by atoms with Crippen LogP contribution in [0.2, 0.25) is 0 Å². The SMILES string of the molecule is COc1cc(-c2c3nc(c(-c4cc(OC)c(OC)c(OC)c4)c4ccc([nH]4)c(-c4cc(OC)c(OC)c(OC)c4)c4nc(c(-c5ccc(C(N)=O)cc5)c5ccc2[nH]5)C=C4)C=C3)cc(OC)c1OC. The van der Waals surface area contributed by atoms with E-state index in [-0.39, 0.29) is 0 Å². The largest absolute Gasteiger partial charge is 0.493 e. The second kappa shape index (κ2) is 18.8. The Morgan fingerprint density at radius 3 is 0.870 bits per heavy atom. The summed E-state index contributed by atoms with van der Waals surface area (Å²) in [5, 5.41) is 0. The molecule has 4 aromatic carbocycles. The average molecular weight is 928 g/mol. The topological polar surface area (TPSA) is 184 Å². The summed E-state index contributed by atoms with van der Waals surface area (Å²) in [6.07, 6.45) is 7.88. The second-order valence-electron chi connectivity index (χ2n) is 15.7. The van der Waals surface area contributed by atoms with E-state index in [1.807, 2.05) is 97.1 Å². The lowest BCUT2D eigenvalue weighted by molar-refractivity contribution is 0.1000. The fourth-order valence-electron chi connectivity index (χ4n) is 8.90. The van der Waals surface area contributed by atoms with Crippen LogP contribution < -0.4 is 48.4 Å². The first-order valence-corrected chi connectivity index (χ1v) is 21.6. The third kappa shape index (κ3) is 8.03. The maximum absolute atomic E-state index is 12.3. The summed E-state index contributed by atoms with van der Waals surface area (Å²) in [4.78, 5) is 30.6. The Hall–Kier alpha value is -8.85. The molecule has 1 amide bonds. The number of carbonyl (C=O) groups excluding carboxylic acids is 1. The number of rotatable bonds is 14. The lowest BCUT2D eigenvalue weighted by Crippen LogP contribution is -2.10. The fraction of sp³-hybridized carbons (Fsp3) is 0.167. The quantitative estimate of drug-likeness (QED) is 0.0939. The molecule has 2 aliphatic rings. The van der Waals surface area contributed by atoms with Gasteiger partial charge in [0, 0.05) is 49.9 Å². The Labute approximate surface area is 397 Å². The average Bonchev–Trinajstić information content (AvgIpc) is 4.24. The van der Waals surface area contributed by atoms with Crippen molar-refractivity contribution < 1.29 is 47.4 Å². The minimum atomic E-state index is -0.535. The van der Waals surface area contributed by atoms with Crippen LogP contribution in [0.25, 0.3) is 90.9 Å². The zero-order valence-corrected chi connectivity index (χ0v) is 39.4. The summed E-state index contributed by atoms with van der Waals surface area (Å²) < 4.78 is 52.5. The molecule has 0 radical (unpaired) electrons. The third-order valence-corrected chi connectivity index (χ3v) is 12.1. The predicted octanol–water partition coefficient (Wildman–Crippen LogP) is 10.5. The third-order valence-electron chi connectivity index (χ3n) is 12.1. The number of nitrogens with zero attached hydrogens (tertiary/aromatic N) is 2. The number of benzene rings is 4. The highest BCUT2D eigenvalue weighted by Gasteiger charge is 2.24. The van der Waals surface area contributed by atoms with Gasteiger partial charge in [0.15, 0.2) is 34.5 Å². The molecule has 0 saturated heterocycles. The van der Waals surface area contributed by atoms with E-state index in [0.29, 0.717) is 91.1 Å². The molecule has 7 aromatic rings. The molecule has 69 heavy (non-hydrogen) atoms. The van der Waals surface area contributed by atoms with Crippen molar-refractivity contribution in [2.75, 3.05) is 64.0 Å². The van der Waals surface area contributed by atoms with Gasteiger partial charge < -0.3 is 58.3 Å². The van der Waals surface area contributed by atoms with Crippen LogP contribution in [0.1, 0.15) is 33.1 Å². The van der Waals surface area contributed by atoms with Crippen molar-refractivity contribution in [1.82, 2.24) is 19.9 Å². The monoisotopic (exact) mass is 927 g/mol. The van der Waals surface area contributed by atoms with E-state index < -0.39 is 5.91 Å². The Morgan fingerprint density at radius 1 is 0.377 bits per heavy atom. The first-order valence-electron chi connectivity index (χ1n) is 21.6. The first-order chi connectivity index (χ1) is 33.6. The Kier molecular flexibility index (Phi) is 12.3. The van der Waals surface area contributed by atoms with Crippen LogP contribution in [0.15, 0.2) is 84.9 Å². The smallest absolute Gasteiger partial charge is 0.248 e. The summed E-state index contributed by atoms with van der Waals surface area (Å²) in [6.45, 7) is 0. The Bertz CT molecular complexity index is 3270. The van der Waals surface area contributed by atoms with Crippen molar-refractivity contribution in [2.45, 2.75) is 0 Å². The number of aromatic nitrogens is 4. The number of primary amides is 1. The first kappa shape index (κ1) is 45.3. The molecule has 4 N–H and O–H groups in total. The van der Waals surface area contributed by atoms with Crippen LogP contribution in [0.3, 0.4) is 0 Å². The van der Waals surface area contributed by atoms with Crippen LogP contribution in [0.4, 0.5) is 0 Å². The van der Waals surface area contributed by atoms with Crippen molar-refractivity contribution in [2.24, 2.45) is 5.73 Å². The molecular formula is C54H49N5O10. The zero-order valence-electron chi connectivity index (χ0n) is 39.4. The molecule has 0 atom stereocenters. The summed E-state index contributed by atoms with van der Waals surface area (Å²) in [5.74, 6) is 3.56. The van der Waals surface area contributed by atoms with E-state index >= 15 is 0 Å². The molecule has 2 aliphatic heterocycles. The van der Waals surface area contributed by atoms with Gasteiger partial charge in [-0.25, -0.2) is 9.97 Å². The van der Waals surface area contributed by atoms with Crippen molar-refractivity contribution >= 4 is 52.3 Å². The van der Waals surface area contributed by atoms with Gasteiger partial charge in [-0.1, -0.05) is 12.1 Å². The van der Waals surface area contributed by atoms with Gasteiger partial charge in [0.1, 0.15) is 0 Å². The number of fused-ring (bicyclic) bond motifs is 8. The van der Waals surface area contributed by atoms with E-state index in [1.54, 1.807) is 76.1 Å². The number of hydrogen-bond donors (Lipinski definition) is 3. The summed E-state index contributed by atoms with van der Waals surface area (Å²) in [7, 11) is 14.2. The second-order valence-corrected chi connectivity index (χ2v) is 15.7. The van der Waals surface area contributed by atoms with Crippen molar-refractivity contribution in [3.05, 3.63) is 113 Å². The van der Waals surface area contributed by atoms with Crippen LogP contribution in [0, 0.1) is 0 Å². The molecule has 3 aromatic heterocycles. The van der Waals surface area contributed by atoms with Gasteiger partial charge in [0.05, 0.1) is 86.8 Å². The number of nitrogens with two attached hydrogens (primary N) is 1. The summed E-state index contributed by atoms with van der Waals surface area (Å²) >= 11 is 0. The summed E-state index contributed by atoms with van der Waals surface area (Å²) in [6, 6.07) is 26.5. The lowest BCUT2D eigenvalue weighted by atomic mass is 10.0. The van der Waals surface area contributed by atoms with Gasteiger partial charge in [-0.3, -0.25) is 4.79 Å². The van der Waals surface area contributed by atoms with E-state index in [1.165, 1.54) is 0 Å². The van der Waals surface area contributed by atoms with Gasteiger partial charge in [-0.05, 0) is 119 Å². The number of ether oxygens (including phenoxy) is 9. The minimum Gasteiger partial charge on any atom is -0.493 e. The van der Waals surface area contributed by atoms with Crippen LogP contribution in [-0.2, 0) is 0 Å². The Balaban J connectivity index is 1.49. The molecule has 5 heterocycles. The van der Waals surface area contributed by atoms with Crippen LogP contribution in [-0.4, -0.2) is 89.8 Å². The number of amides is 1. The standard InChI is InChI=1S/C54H49N5O10/c1-61-41-22-30(23-42(62-2)51(41)67-7)48-35-16-14-33(56-35)47(28-10-12-29(13-11-28)54(55)60)34-15-17-36(57-34)49(31-24-43(63-3)52(68-8)44(25-31)64-4)38-19-21-40(59-38)50(39-20-18-37(48)58-39)32-26-45(65-5)53(69-9)46(27-32)66-6/h10-27,56,59H,1-9H3,(H2,55,60). The Morgan fingerprint density at radius 2 is 0.638 bits per heavy atom. The molecule has 0 saturated carbocycles.